The Morgan fingerprint density at radius 3 is 2.65 bits per heavy atom. The van der Waals surface area contributed by atoms with Crippen LogP contribution in [0.3, 0.4) is 0 Å². The fourth-order valence-corrected chi connectivity index (χ4v) is 2.68. The van der Waals surface area contributed by atoms with E-state index in [1.807, 2.05) is 36.4 Å². The molecule has 0 aromatic heterocycles. The first-order valence-electron chi connectivity index (χ1n) is 7.70. The van der Waals surface area contributed by atoms with E-state index in [0.717, 1.165) is 5.56 Å². The number of ether oxygens (including phenoxy) is 2. The van der Waals surface area contributed by atoms with Crippen LogP contribution in [0.15, 0.2) is 60.4 Å². The molecule has 0 amide bonds. The molecule has 4 nitrogen and oxygen atoms in total. The number of benzene rings is 1. The Morgan fingerprint density at radius 1 is 1.04 bits per heavy atom. The largest absolute Gasteiger partial charge is 0.490 e. The molecule has 1 aromatic rings. The van der Waals surface area contributed by atoms with Gasteiger partial charge in [0.2, 0.25) is 0 Å². The quantitative estimate of drug-likeness (QED) is 0.801. The first kappa shape index (κ1) is 15.3. The lowest BCUT2D eigenvalue weighted by Crippen LogP contribution is -2.29. The molecule has 1 aromatic carbocycles. The molecule has 2 aliphatic rings. The van der Waals surface area contributed by atoms with E-state index in [2.05, 4.69) is 0 Å². The summed E-state index contributed by atoms with van der Waals surface area (Å²) in [7, 11) is 0. The van der Waals surface area contributed by atoms with Crippen LogP contribution >= 0.6 is 0 Å². The zero-order chi connectivity index (χ0) is 16.1. The van der Waals surface area contributed by atoms with Crippen molar-refractivity contribution in [3.8, 4) is 0 Å². The third kappa shape index (κ3) is 4.42. The molecule has 0 saturated heterocycles. The van der Waals surface area contributed by atoms with Gasteiger partial charge in [0.1, 0.15) is 18.0 Å². The lowest BCUT2D eigenvalue weighted by Gasteiger charge is -2.27. The molecule has 2 atom stereocenters. The first-order chi connectivity index (χ1) is 11.2. The summed E-state index contributed by atoms with van der Waals surface area (Å²) < 4.78 is 11.1. The van der Waals surface area contributed by atoms with Crippen LogP contribution in [0.2, 0.25) is 0 Å². The number of carbonyl (C=O) groups is 2. The van der Waals surface area contributed by atoms with Gasteiger partial charge in [0, 0.05) is 31.4 Å². The van der Waals surface area contributed by atoms with E-state index < -0.39 is 0 Å². The van der Waals surface area contributed by atoms with Gasteiger partial charge in [0.05, 0.1) is 0 Å². The molecule has 23 heavy (non-hydrogen) atoms. The Balaban J connectivity index is 1.62. The zero-order valence-electron chi connectivity index (χ0n) is 12.7. The summed E-state index contributed by atoms with van der Waals surface area (Å²) in [5.41, 5.74) is 1.04. The van der Waals surface area contributed by atoms with Crippen molar-refractivity contribution in [2.45, 2.75) is 31.5 Å². The van der Waals surface area contributed by atoms with E-state index in [1.54, 1.807) is 12.2 Å². The Morgan fingerprint density at radius 2 is 1.87 bits per heavy atom. The van der Waals surface area contributed by atoms with Crippen molar-refractivity contribution in [3.05, 3.63) is 66.0 Å². The molecule has 0 spiro atoms. The molecule has 0 radical (unpaired) electrons. The fraction of sp³-hybridized carbons (Fsp3) is 0.263. The van der Waals surface area contributed by atoms with Gasteiger partial charge < -0.3 is 9.47 Å². The highest BCUT2D eigenvalue weighted by Crippen LogP contribution is 2.23. The zero-order valence-corrected chi connectivity index (χ0v) is 12.7. The number of rotatable bonds is 4. The van der Waals surface area contributed by atoms with Crippen LogP contribution in [-0.4, -0.2) is 24.0 Å². The second-order valence-corrected chi connectivity index (χ2v) is 5.63. The number of esters is 1. The summed E-state index contributed by atoms with van der Waals surface area (Å²) in [5, 5.41) is 0. The summed E-state index contributed by atoms with van der Waals surface area (Å²) in [4.78, 5) is 23.2. The van der Waals surface area contributed by atoms with E-state index in [-0.39, 0.29) is 24.0 Å². The Bertz CT molecular complexity index is 670. The van der Waals surface area contributed by atoms with Crippen molar-refractivity contribution in [2.24, 2.45) is 0 Å². The first-order valence-corrected chi connectivity index (χ1v) is 7.70. The molecule has 2 aliphatic heterocycles. The normalized spacial score (nSPS) is 24.3. The lowest BCUT2D eigenvalue weighted by molar-refractivity contribution is -0.145. The van der Waals surface area contributed by atoms with Gasteiger partial charge in [-0.2, -0.15) is 0 Å². The van der Waals surface area contributed by atoms with Crippen LogP contribution in [0.4, 0.5) is 0 Å². The number of carbonyl (C=O) groups excluding carboxylic acids is 2. The highest BCUT2D eigenvalue weighted by molar-refractivity contribution is 5.91. The van der Waals surface area contributed by atoms with E-state index in [9.17, 15) is 9.59 Å². The van der Waals surface area contributed by atoms with Crippen LogP contribution < -0.4 is 0 Å². The van der Waals surface area contributed by atoms with Crippen LogP contribution in [0.1, 0.15) is 24.8 Å². The predicted molar refractivity (Wildman–Crippen MR) is 86.3 cm³/mol. The smallest absolute Gasteiger partial charge is 0.330 e. The van der Waals surface area contributed by atoms with E-state index in [4.69, 9.17) is 9.47 Å². The van der Waals surface area contributed by atoms with Crippen molar-refractivity contribution in [1.82, 2.24) is 0 Å². The SMILES string of the molecule is O=C1C=C(/C=C/c2ccccc2)O[C@H](C[C@H]2CC=CC(=O)O2)C1. The van der Waals surface area contributed by atoms with Crippen LogP contribution in [0.5, 0.6) is 0 Å². The van der Waals surface area contributed by atoms with E-state index in [1.165, 1.54) is 12.2 Å². The molecule has 0 saturated carbocycles. The average Bonchev–Trinajstić information content (AvgIpc) is 2.53. The average molecular weight is 310 g/mol. The Labute approximate surface area is 135 Å². The van der Waals surface area contributed by atoms with Crippen molar-refractivity contribution in [3.63, 3.8) is 0 Å². The monoisotopic (exact) mass is 310 g/mol. The second-order valence-electron chi connectivity index (χ2n) is 5.63. The van der Waals surface area contributed by atoms with Crippen molar-refractivity contribution in [2.75, 3.05) is 0 Å². The standard InChI is InChI=1S/C19H18O4/c20-15-11-17(10-9-14-5-2-1-3-6-14)22-18(12-15)13-16-7-4-8-19(21)23-16/h1-6,8-11,16,18H,7,12-13H2/b10-9+/t16-,18+/m1/s1. The molecular formula is C19H18O4. The summed E-state index contributed by atoms with van der Waals surface area (Å²) in [6.07, 6.45) is 9.48. The lowest BCUT2D eigenvalue weighted by atomic mass is 10.0. The third-order valence-electron chi connectivity index (χ3n) is 3.74. The van der Waals surface area contributed by atoms with Crippen molar-refractivity contribution >= 4 is 17.8 Å². The van der Waals surface area contributed by atoms with Crippen molar-refractivity contribution < 1.29 is 19.1 Å². The number of hydrogen-bond donors (Lipinski definition) is 0. The molecule has 0 bridgehead atoms. The molecule has 4 heteroatoms. The minimum atomic E-state index is -0.330. The summed E-state index contributed by atoms with van der Waals surface area (Å²) in [5.74, 6) is 0.252. The molecule has 0 unspecified atom stereocenters. The number of allylic oxidation sites excluding steroid dienone is 2. The maximum atomic E-state index is 11.9. The number of ketones is 1. The molecular weight excluding hydrogens is 292 g/mol. The minimum Gasteiger partial charge on any atom is -0.490 e. The second kappa shape index (κ2) is 7.09. The van der Waals surface area contributed by atoms with Gasteiger partial charge >= 0.3 is 5.97 Å². The van der Waals surface area contributed by atoms with Gasteiger partial charge in [-0.1, -0.05) is 42.5 Å². The number of cyclic esters (lactones) is 1. The summed E-state index contributed by atoms with van der Waals surface area (Å²) in [6.45, 7) is 0. The predicted octanol–water partition coefficient (Wildman–Crippen LogP) is 3.20. The summed E-state index contributed by atoms with van der Waals surface area (Å²) in [6, 6.07) is 9.82. The van der Waals surface area contributed by atoms with Crippen LogP contribution in [-0.2, 0) is 19.1 Å². The molecule has 0 N–H and O–H groups in total. The van der Waals surface area contributed by atoms with Gasteiger partial charge in [0.15, 0.2) is 5.78 Å². The number of hydrogen-bond acceptors (Lipinski definition) is 4. The third-order valence-corrected chi connectivity index (χ3v) is 3.74. The molecule has 3 rings (SSSR count). The highest BCUT2D eigenvalue weighted by atomic mass is 16.5. The van der Waals surface area contributed by atoms with Crippen LogP contribution in [0, 0.1) is 0 Å². The molecule has 0 aliphatic carbocycles. The van der Waals surface area contributed by atoms with Gasteiger partial charge in [-0.15, -0.1) is 0 Å². The molecule has 2 heterocycles. The molecule has 0 fully saturated rings. The minimum absolute atomic E-state index is 0.0339. The van der Waals surface area contributed by atoms with Gasteiger partial charge in [-0.25, -0.2) is 4.79 Å². The Kier molecular flexibility index (Phi) is 4.71. The van der Waals surface area contributed by atoms with Gasteiger partial charge in [0.25, 0.3) is 0 Å². The highest BCUT2D eigenvalue weighted by Gasteiger charge is 2.26. The van der Waals surface area contributed by atoms with Crippen LogP contribution in [0.25, 0.3) is 6.08 Å². The van der Waals surface area contributed by atoms with Crippen molar-refractivity contribution in [1.29, 1.82) is 0 Å². The topological polar surface area (TPSA) is 52.6 Å². The van der Waals surface area contributed by atoms with E-state index in [0.29, 0.717) is 25.0 Å². The van der Waals surface area contributed by atoms with E-state index >= 15 is 0 Å². The summed E-state index contributed by atoms with van der Waals surface area (Å²) >= 11 is 0. The fourth-order valence-electron chi connectivity index (χ4n) is 2.68. The van der Waals surface area contributed by atoms with Gasteiger partial charge in [-0.05, 0) is 11.6 Å². The maximum Gasteiger partial charge on any atom is 0.330 e. The Hall–Kier alpha value is -2.62. The molecule has 118 valence electrons. The van der Waals surface area contributed by atoms with Gasteiger partial charge in [-0.3, -0.25) is 4.79 Å². The maximum absolute atomic E-state index is 11.9.